The van der Waals surface area contributed by atoms with Crippen LogP contribution in [-0.2, 0) is 33.2 Å². The summed E-state index contributed by atoms with van der Waals surface area (Å²) in [6.07, 6.45) is -25.0. The summed E-state index contributed by atoms with van der Waals surface area (Å²) in [5.41, 5.74) is 0. The summed E-state index contributed by atoms with van der Waals surface area (Å²) in [6.45, 7) is 3.14. The Labute approximate surface area is 241 Å². The van der Waals surface area contributed by atoms with Crippen molar-refractivity contribution in [2.24, 2.45) is 5.92 Å². The normalized spacial score (nSPS) is 53.8. The Kier molecular flexibility index (Phi) is 11.5. The van der Waals surface area contributed by atoms with Crippen LogP contribution in [-0.4, -0.2) is 181 Å². The molecule has 0 aliphatic carbocycles. The first kappa shape index (κ1) is 34.2. The number of aliphatic hydroxyl groups is 10. The Morgan fingerprint density at radius 1 is 0.476 bits per heavy atom. The lowest BCUT2D eigenvalue weighted by Crippen LogP contribution is -2.65. The first-order valence-corrected chi connectivity index (χ1v) is 14.0. The van der Waals surface area contributed by atoms with E-state index in [4.69, 9.17) is 33.2 Å². The van der Waals surface area contributed by atoms with Crippen LogP contribution < -0.4 is 0 Å². The van der Waals surface area contributed by atoms with Crippen LogP contribution in [0.2, 0.25) is 0 Å². The van der Waals surface area contributed by atoms with Crippen molar-refractivity contribution in [2.75, 3.05) is 19.8 Å². The summed E-state index contributed by atoms with van der Waals surface area (Å²) in [5, 5.41) is 103. The van der Waals surface area contributed by atoms with E-state index in [1.807, 2.05) is 0 Å². The zero-order chi connectivity index (χ0) is 31.0. The van der Waals surface area contributed by atoms with Crippen molar-refractivity contribution in [3.8, 4) is 0 Å². The highest BCUT2D eigenvalue weighted by Gasteiger charge is 2.54. The van der Waals surface area contributed by atoms with Crippen molar-refractivity contribution in [1.82, 2.24) is 0 Å². The molecule has 19 atom stereocenters. The second-order valence-electron chi connectivity index (χ2n) is 11.4. The van der Waals surface area contributed by atoms with E-state index in [2.05, 4.69) is 0 Å². The molecule has 7 unspecified atom stereocenters. The predicted octanol–water partition coefficient (Wildman–Crippen LogP) is -5.74. The molecule has 0 spiro atoms. The Morgan fingerprint density at radius 3 is 1.64 bits per heavy atom. The largest absolute Gasteiger partial charge is 0.394 e. The Hall–Kier alpha value is -0.680. The summed E-state index contributed by atoms with van der Waals surface area (Å²) in [6, 6.07) is 0. The monoisotopic (exact) mass is 616 g/mol. The molecule has 246 valence electrons. The van der Waals surface area contributed by atoms with Crippen LogP contribution in [0.4, 0.5) is 0 Å². The summed E-state index contributed by atoms with van der Waals surface area (Å²) in [5.74, 6) is -0.361. The summed E-state index contributed by atoms with van der Waals surface area (Å²) < 4.78 is 39.3. The van der Waals surface area contributed by atoms with Gasteiger partial charge in [-0.3, -0.25) is 0 Å². The fourth-order valence-corrected chi connectivity index (χ4v) is 5.51. The lowest BCUT2D eigenvalue weighted by atomic mass is 9.91. The van der Waals surface area contributed by atoms with Crippen LogP contribution in [0.15, 0.2) is 0 Å². The van der Waals surface area contributed by atoms with Gasteiger partial charge in [-0.2, -0.15) is 0 Å². The van der Waals surface area contributed by atoms with Gasteiger partial charge in [0.25, 0.3) is 0 Å². The quantitative estimate of drug-likeness (QED) is 0.116. The Bertz CT molecular complexity index is 854. The molecule has 4 aliphatic rings. The molecule has 0 aromatic carbocycles. The van der Waals surface area contributed by atoms with Gasteiger partial charge in [-0.1, -0.05) is 6.92 Å². The van der Waals surface area contributed by atoms with E-state index < -0.39 is 124 Å². The van der Waals surface area contributed by atoms with Crippen LogP contribution in [0.5, 0.6) is 0 Å². The maximum Gasteiger partial charge on any atom is 0.187 e. The van der Waals surface area contributed by atoms with Gasteiger partial charge in [0.05, 0.1) is 38.1 Å². The molecule has 0 amide bonds. The van der Waals surface area contributed by atoms with Crippen molar-refractivity contribution >= 4 is 0 Å². The Balaban J connectivity index is 1.48. The van der Waals surface area contributed by atoms with E-state index in [0.717, 1.165) is 0 Å². The molecule has 42 heavy (non-hydrogen) atoms. The van der Waals surface area contributed by atoms with Gasteiger partial charge in [-0.05, 0) is 13.8 Å². The topological polar surface area (TPSA) is 267 Å². The van der Waals surface area contributed by atoms with Gasteiger partial charge >= 0.3 is 0 Å². The lowest BCUT2D eigenvalue weighted by Gasteiger charge is -2.47. The minimum atomic E-state index is -1.80. The van der Waals surface area contributed by atoms with Gasteiger partial charge in [-0.25, -0.2) is 0 Å². The van der Waals surface area contributed by atoms with Crippen LogP contribution in [0.3, 0.4) is 0 Å². The molecule has 0 aromatic rings. The molecule has 0 radical (unpaired) electrons. The van der Waals surface area contributed by atoms with E-state index in [1.54, 1.807) is 13.8 Å². The van der Waals surface area contributed by atoms with E-state index in [-0.39, 0.29) is 12.5 Å². The lowest BCUT2D eigenvalue weighted by molar-refractivity contribution is -0.365. The minimum Gasteiger partial charge on any atom is -0.394 e. The van der Waals surface area contributed by atoms with Gasteiger partial charge in [0.15, 0.2) is 18.9 Å². The molecule has 17 nitrogen and oxygen atoms in total. The van der Waals surface area contributed by atoms with Gasteiger partial charge in [0, 0.05) is 5.92 Å². The minimum absolute atomic E-state index is 0.359. The number of ether oxygens (including phenoxy) is 7. The van der Waals surface area contributed by atoms with Crippen LogP contribution in [0.1, 0.15) is 20.8 Å². The fourth-order valence-electron chi connectivity index (χ4n) is 5.51. The van der Waals surface area contributed by atoms with Gasteiger partial charge in [0.2, 0.25) is 0 Å². The predicted molar refractivity (Wildman–Crippen MR) is 133 cm³/mol. The summed E-state index contributed by atoms with van der Waals surface area (Å²) >= 11 is 0. The van der Waals surface area contributed by atoms with Gasteiger partial charge in [-0.15, -0.1) is 0 Å². The first-order chi connectivity index (χ1) is 19.8. The average Bonchev–Trinajstić information content (AvgIpc) is 3.24. The molecule has 17 heteroatoms. The van der Waals surface area contributed by atoms with Gasteiger partial charge in [0.1, 0.15) is 73.2 Å². The second kappa shape index (κ2) is 14.2. The number of rotatable bonds is 9. The van der Waals surface area contributed by atoms with Crippen molar-refractivity contribution < 1.29 is 84.2 Å². The fraction of sp³-hybridized carbons (Fsp3) is 1.00. The van der Waals surface area contributed by atoms with E-state index in [9.17, 15) is 51.1 Å². The number of hydrogen-bond acceptors (Lipinski definition) is 17. The van der Waals surface area contributed by atoms with Crippen LogP contribution >= 0.6 is 0 Å². The SMILES string of the molecule is CC1O[C@@H](OCC2O[C@@H](C)C(O)[C@@H](O[C@H]3OC(CO)[C@@H](O)[C@H](O)C3O[C@H]3O[C@H](CO)C(O)[C@H]3O)[C@@H]2O)[C@@H](O)C(O)[C@H]1C. The van der Waals surface area contributed by atoms with Crippen molar-refractivity contribution in [1.29, 1.82) is 0 Å². The zero-order valence-electron chi connectivity index (χ0n) is 23.4. The maximum absolute atomic E-state index is 11.1. The molecule has 4 aliphatic heterocycles. The van der Waals surface area contributed by atoms with E-state index >= 15 is 0 Å². The first-order valence-electron chi connectivity index (χ1n) is 14.0. The van der Waals surface area contributed by atoms with Crippen LogP contribution in [0, 0.1) is 5.92 Å². The highest BCUT2D eigenvalue weighted by atomic mass is 16.8. The number of aliphatic hydroxyl groups excluding tert-OH is 10. The molecule has 4 rings (SSSR count). The van der Waals surface area contributed by atoms with E-state index in [1.165, 1.54) is 6.92 Å². The summed E-state index contributed by atoms with van der Waals surface area (Å²) in [7, 11) is 0. The average molecular weight is 617 g/mol. The number of hydrogen-bond donors (Lipinski definition) is 10. The molecule has 4 fully saturated rings. The standard InChI is InChI=1S/C25H44O17/c1-7-8(2)38-23(19(34)13(7)28)36-6-12-17(32)21(14(29)9(3)37-12)41-25-22(18(33)15(30)10(4-26)40-25)42-24-20(35)16(31)11(5-27)39-24/h7-35H,4-6H2,1-3H3/t7-,8?,9-,10?,11+,12?,13?,14?,15+,16?,17+,18-,19-,20+,21+,22?,23+,24+,25+/m0/s1. The zero-order valence-corrected chi connectivity index (χ0v) is 23.4. The molecule has 4 saturated heterocycles. The third kappa shape index (κ3) is 6.77. The Morgan fingerprint density at radius 2 is 1.02 bits per heavy atom. The van der Waals surface area contributed by atoms with Crippen LogP contribution in [0.25, 0.3) is 0 Å². The van der Waals surface area contributed by atoms with Crippen molar-refractivity contribution in [3.63, 3.8) is 0 Å². The van der Waals surface area contributed by atoms with Crippen molar-refractivity contribution in [3.05, 3.63) is 0 Å². The smallest absolute Gasteiger partial charge is 0.187 e. The third-order valence-corrected chi connectivity index (χ3v) is 8.51. The molecule has 0 bridgehead atoms. The molecular formula is C25H44O17. The van der Waals surface area contributed by atoms with Gasteiger partial charge < -0.3 is 84.2 Å². The van der Waals surface area contributed by atoms with Crippen molar-refractivity contribution in [2.45, 2.75) is 131 Å². The maximum atomic E-state index is 11.1. The summed E-state index contributed by atoms with van der Waals surface area (Å²) in [4.78, 5) is 0. The third-order valence-electron chi connectivity index (χ3n) is 8.51. The molecule has 0 aromatic heterocycles. The highest BCUT2D eigenvalue weighted by molar-refractivity contribution is 4.97. The molecule has 0 saturated carbocycles. The molecule has 10 N–H and O–H groups in total. The van der Waals surface area contributed by atoms with E-state index in [0.29, 0.717) is 0 Å². The highest BCUT2D eigenvalue weighted by Crippen LogP contribution is 2.34. The molecule has 4 heterocycles. The molecular weight excluding hydrogens is 572 g/mol. The second-order valence-corrected chi connectivity index (χ2v) is 11.4.